The maximum atomic E-state index is 5.72. The Labute approximate surface area is 63.9 Å². The zero-order valence-corrected chi connectivity index (χ0v) is 6.47. The lowest BCUT2D eigenvalue weighted by Gasteiger charge is -2.17. The van der Waals surface area contributed by atoms with Crippen LogP contribution in [0.25, 0.3) is 0 Å². The van der Waals surface area contributed by atoms with Gasteiger partial charge in [-0.15, -0.1) is 0 Å². The van der Waals surface area contributed by atoms with Crippen molar-refractivity contribution in [3.8, 4) is 0 Å². The second-order valence-electron chi connectivity index (χ2n) is 1.64. The molecule has 52 valence electrons. The number of hydrogen-bond acceptors (Lipinski definition) is 3. The van der Waals surface area contributed by atoms with Crippen LogP contribution in [0.1, 0.15) is 6.92 Å². The summed E-state index contributed by atoms with van der Waals surface area (Å²) in [5.74, 6) is 0. The third-order valence-corrected chi connectivity index (χ3v) is 1.89. The van der Waals surface area contributed by atoms with Crippen LogP contribution in [-0.4, -0.2) is 27.9 Å². The molecular formula is C4H7Cl2N3. The molecule has 0 saturated heterocycles. The summed E-state index contributed by atoms with van der Waals surface area (Å²) in [5.41, 5.74) is -0.323. The molecule has 1 atom stereocenters. The molecule has 5 heteroatoms. The zero-order valence-electron chi connectivity index (χ0n) is 4.96. The second kappa shape index (κ2) is 2.62. The molecule has 0 spiro atoms. The van der Waals surface area contributed by atoms with Crippen LogP contribution in [-0.2, 0) is 0 Å². The molecule has 0 aromatic carbocycles. The van der Waals surface area contributed by atoms with E-state index in [0.717, 1.165) is 6.54 Å². The van der Waals surface area contributed by atoms with Gasteiger partial charge in [0.25, 0.3) is 0 Å². The van der Waals surface area contributed by atoms with E-state index in [0.29, 0.717) is 0 Å². The Kier molecular flexibility index (Phi) is 2.03. The third-order valence-electron chi connectivity index (χ3n) is 1.08. The number of nitrogens with zero attached hydrogens (tertiary/aromatic N) is 3. The minimum atomic E-state index is -0.323. The fraction of sp³-hybridized carbons (Fsp3) is 0.750. The van der Waals surface area contributed by atoms with Crippen molar-refractivity contribution in [3.05, 3.63) is 0 Å². The highest BCUT2D eigenvalue weighted by molar-refractivity contribution is 6.28. The lowest BCUT2D eigenvalue weighted by atomic mass is 10.7. The fourth-order valence-electron chi connectivity index (χ4n) is 0.585. The Bertz CT molecular complexity index is 127. The maximum absolute atomic E-state index is 5.72. The molecule has 0 amide bonds. The van der Waals surface area contributed by atoms with Gasteiger partial charge in [0.05, 0.1) is 0 Å². The molecule has 0 aliphatic carbocycles. The molecule has 3 nitrogen and oxygen atoms in total. The number of rotatable bonds is 1. The molecule has 0 bridgehead atoms. The predicted molar refractivity (Wildman–Crippen MR) is 38.2 cm³/mol. The monoisotopic (exact) mass is 167 g/mol. The van der Waals surface area contributed by atoms with Crippen molar-refractivity contribution in [2.45, 2.75) is 12.5 Å². The molecule has 0 aromatic rings. The van der Waals surface area contributed by atoms with Crippen LogP contribution < -0.4 is 0 Å². The fourth-order valence-corrected chi connectivity index (χ4v) is 0.964. The van der Waals surface area contributed by atoms with Gasteiger partial charge in [0.2, 0.25) is 5.62 Å². The quantitative estimate of drug-likeness (QED) is 0.333. The average molecular weight is 168 g/mol. The van der Waals surface area contributed by atoms with Gasteiger partial charge in [0.15, 0.2) is 0 Å². The summed E-state index contributed by atoms with van der Waals surface area (Å²) in [6.07, 6.45) is 1.49. The highest BCUT2D eigenvalue weighted by Crippen LogP contribution is 2.16. The standard InChI is InChI=1S/C4H7Cl2N3/c1-2-9-4(5)8(6)3-7-9/h3-4H,2H2,1H3. The highest BCUT2D eigenvalue weighted by Gasteiger charge is 2.21. The van der Waals surface area contributed by atoms with E-state index in [9.17, 15) is 0 Å². The SMILES string of the molecule is CCN1N=CN(Cl)C1Cl. The molecule has 0 fully saturated rings. The first-order valence-electron chi connectivity index (χ1n) is 2.64. The van der Waals surface area contributed by atoms with Crippen LogP contribution in [0.3, 0.4) is 0 Å². The minimum absolute atomic E-state index is 0.323. The largest absolute Gasteiger partial charge is 0.258 e. The Morgan fingerprint density at radius 2 is 2.44 bits per heavy atom. The van der Waals surface area contributed by atoms with Gasteiger partial charge in [-0.3, -0.25) is 5.01 Å². The van der Waals surface area contributed by atoms with Gasteiger partial charge in [0, 0.05) is 18.3 Å². The molecule has 1 aliphatic rings. The van der Waals surface area contributed by atoms with E-state index in [1.165, 1.54) is 10.8 Å². The van der Waals surface area contributed by atoms with E-state index in [1.54, 1.807) is 5.01 Å². The molecule has 1 rings (SSSR count). The summed E-state index contributed by atoms with van der Waals surface area (Å²) >= 11 is 11.3. The van der Waals surface area contributed by atoms with Crippen LogP contribution in [0.2, 0.25) is 0 Å². The number of alkyl halides is 1. The molecule has 0 N–H and O–H groups in total. The van der Waals surface area contributed by atoms with Crippen LogP contribution in [0.4, 0.5) is 0 Å². The van der Waals surface area contributed by atoms with Crippen molar-refractivity contribution in [1.29, 1.82) is 0 Å². The van der Waals surface area contributed by atoms with E-state index >= 15 is 0 Å². The summed E-state index contributed by atoms with van der Waals surface area (Å²) in [5, 5.41) is 5.56. The van der Waals surface area contributed by atoms with E-state index in [4.69, 9.17) is 23.4 Å². The molecule has 1 heterocycles. The topological polar surface area (TPSA) is 18.8 Å². The van der Waals surface area contributed by atoms with Gasteiger partial charge < -0.3 is 0 Å². The highest BCUT2D eigenvalue weighted by atomic mass is 35.5. The zero-order chi connectivity index (χ0) is 6.85. The van der Waals surface area contributed by atoms with Gasteiger partial charge >= 0.3 is 0 Å². The number of hydrogen-bond donors (Lipinski definition) is 0. The molecule has 1 aliphatic heterocycles. The predicted octanol–water partition coefficient (Wildman–Crippen LogP) is 1.24. The minimum Gasteiger partial charge on any atom is -0.258 e. The first-order valence-corrected chi connectivity index (χ1v) is 3.42. The van der Waals surface area contributed by atoms with Crippen LogP contribution in [0.15, 0.2) is 5.10 Å². The summed E-state index contributed by atoms with van der Waals surface area (Å²) in [6.45, 7) is 2.73. The van der Waals surface area contributed by atoms with Crippen LogP contribution in [0.5, 0.6) is 0 Å². The van der Waals surface area contributed by atoms with Crippen LogP contribution >= 0.6 is 23.4 Å². The average Bonchev–Trinajstić information content (AvgIpc) is 2.15. The van der Waals surface area contributed by atoms with Crippen molar-refractivity contribution >= 4 is 29.7 Å². The first kappa shape index (κ1) is 6.96. The normalized spacial score (nSPS) is 25.9. The van der Waals surface area contributed by atoms with Crippen molar-refractivity contribution in [2.24, 2.45) is 5.10 Å². The third kappa shape index (κ3) is 1.22. The van der Waals surface area contributed by atoms with E-state index in [2.05, 4.69) is 5.10 Å². The van der Waals surface area contributed by atoms with Gasteiger partial charge in [-0.1, -0.05) is 11.6 Å². The maximum Gasteiger partial charge on any atom is 0.209 e. The molecule has 1 unspecified atom stereocenters. The molecule has 0 saturated carbocycles. The lowest BCUT2D eigenvalue weighted by molar-refractivity contribution is 0.257. The number of hydrazone groups is 1. The van der Waals surface area contributed by atoms with Crippen molar-refractivity contribution in [2.75, 3.05) is 6.54 Å². The van der Waals surface area contributed by atoms with Gasteiger partial charge in [-0.2, -0.15) is 5.10 Å². The van der Waals surface area contributed by atoms with Gasteiger partial charge in [0.1, 0.15) is 6.34 Å². The van der Waals surface area contributed by atoms with E-state index in [1.807, 2.05) is 6.92 Å². The van der Waals surface area contributed by atoms with Crippen molar-refractivity contribution in [3.63, 3.8) is 0 Å². The van der Waals surface area contributed by atoms with E-state index in [-0.39, 0.29) is 5.62 Å². The summed E-state index contributed by atoms with van der Waals surface area (Å²) in [7, 11) is 0. The summed E-state index contributed by atoms with van der Waals surface area (Å²) < 4.78 is 1.32. The number of halogens is 2. The Hall–Kier alpha value is -0.150. The molecule has 0 aromatic heterocycles. The molecule has 0 radical (unpaired) electrons. The summed E-state index contributed by atoms with van der Waals surface area (Å²) in [6, 6.07) is 0. The smallest absolute Gasteiger partial charge is 0.209 e. The second-order valence-corrected chi connectivity index (χ2v) is 2.42. The molecule has 9 heavy (non-hydrogen) atoms. The van der Waals surface area contributed by atoms with Crippen molar-refractivity contribution in [1.82, 2.24) is 9.43 Å². The van der Waals surface area contributed by atoms with Crippen LogP contribution in [0, 0.1) is 0 Å². The van der Waals surface area contributed by atoms with Gasteiger partial charge in [-0.25, -0.2) is 4.42 Å². The lowest BCUT2D eigenvalue weighted by Crippen LogP contribution is -2.28. The molecular weight excluding hydrogens is 161 g/mol. The van der Waals surface area contributed by atoms with E-state index < -0.39 is 0 Å². The Morgan fingerprint density at radius 1 is 1.78 bits per heavy atom. The Balaban J connectivity index is 2.51. The summed E-state index contributed by atoms with van der Waals surface area (Å²) in [4.78, 5) is 0. The first-order chi connectivity index (χ1) is 4.25. The Morgan fingerprint density at radius 3 is 2.67 bits per heavy atom. The van der Waals surface area contributed by atoms with Crippen molar-refractivity contribution < 1.29 is 0 Å². The van der Waals surface area contributed by atoms with Gasteiger partial charge in [-0.05, 0) is 6.92 Å².